The molecule has 2 aromatic heterocycles. The standard InChI is InChI=1S/C12H16N6O3/c1-4-11(17-6-9(5-13-17)18(20)21)12(19)14-10-7-16(3)15-8(10)2/h5-7,11H,4H2,1-3H3,(H,14,19). The van der Waals surface area contributed by atoms with Gasteiger partial charge in [0.05, 0.1) is 16.3 Å². The summed E-state index contributed by atoms with van der Waals surface area (Å²) in [6.45, 7) is 3.60. The molecule has 0 aromatic carbocycles. The van der Waals surface area contributed by atoms with Gasteiger partial charge in [0, 0.05) is 13.2 Å². The van der Waals surface area contributed by atoms with Gasteiger partial charge in [-0.2, -0.15) is 10.2 Å². The predicted molar refractivity (Wildman–Crippen MR) is 74.8 cm³/mol. The highest BCUT2D eigenvalue weighted by Crippen LogP contribution is 2.19. The second-order valence-corrected chi connectivity index (χ2v) is 4.65. The number of aryl methyl sites for hydroxylation is 2. The summed E-state index contributed by atoms with van der Waals surface area (Å²) in [6.07, 6.45) is 4.55. The van der Waals surface area contributed by atoms with Crippen molar-refractivity contribution >= 4 is 17.3 Å². The monoisotopic (exact) mass is 292 g/mol. The van der Waals surface area contributed by atoms with Crippen molar-refractivity contribution in [3.05, 3.63) is 34.4 Å². The molecule has 0 radical (unpaired) electrons. The highest BCUT2D eigenvalue weighted by Gasteiger charge is 2.22. The molecule has 0 bridgehead atoms. The van der Waals surface area contributed by atoms with Gasteiger partial charge in [0.2, 0.25) is 5.91 Å². The van der Waals surface area contributed by atoms with Crippen LogP contribution in [0, 0.1) is 17.0 Å². The van der Waals surface area contributed by atoms with Gasteiger partial charge in [0.15, 0.2) is 0 Å². The lowest BCUT2D eigenvalue weighted by atomic mass is 10.2. The van der Waals surface area contributed by atoms with E-state index in [4.69, 9.17) is 0 Å². The smallest absolute Gasteiger partial charge is 0.307 e. The van der Waals surface area contributed by atoms with Crippen molar-refractivity contribution in [2.75, 3.05) is 5.32 Å². The molecule has 0 aliphatic rings. The summed E-state index contributed by atoms with van der Waals surface area (Å²) in [5.41, 5.74) is 1.17. The molecular formula is C12H16N6O3. The van der Waals surface area contributed by atoms with Crippen LogP contribution >= 0.6 is 0 Å². The molecule has 9 heteroatoms. The molecule has 1 unspecified atom stereocenters. The molecule has 9 nitrogen and oxygen atoms in total. The van der Waals surface area contributed by atoms with E-state index in [-0.39, 0.29) is 11.6 Å². The normalized spacial score (nSPS) is 12.1. The summed E-state index contributed by atoms with van der Waals surface area (Å²) in [5, 5.41) is 21.5. The molecule has 112 valence electrons. The Bertz CT molecular complexity index is 674. The Balaban J connectivity index is 2.18. The van der Waals surface area contributed by atoms with Crippen LogP contribution in [0.25, 0.3) is 0 Å². The minimum atomic E-state index is -0.613. The summed E-state index contributed by atoms with van der Waals surface area (Å²) in [6, 6.07) is -0.613. The number of nitro groups is 1. The summed E-state index contributed by atoms with van der Waals surface area (Å²) in [7, 11) is 1.76. The Labute approximate surface area is 120 Å². The van der Waals surface area contributed by atoms with Gasteiger partial charge in [-0.15, -0.1) is 0 Å². The van der Waals surface area contributed by atoms with Gasteiger partial charge in [-0.25, -0.2) is 0 Å². The fourth-order valence-corrected chi connectivity index (χ4v) is 2.02. The van der Waals surface area contributed by atoms with Crippen molar-refractivity contribution in [3.63, 3.8) is 0 Å². The predicted octanol–water partition coefficient (Wildman–Crippen LogP) is 1.42. The first-order valence-corrected chi connectivity index (χ1v) is 6.42. The lowest BCUT2D eigenvalue weighted by molar-refractivity contribution is -0.385. The molecule has 1 N–H and O–H groups in total. The topological polar surface area (TPSA) is 108 Å². The third kappa shape index (κ3) is 3.07. The second kappa shape index (κ2) is 5.73. The zero-order valence-electron chi connectivity index (χ0n) is 12.0. The summed E-state index contributed by atoms with van der Waals surface area (Å²) >= 11 is 0. The molecule has 0 saturated heterocycles. The van der Waals surface area contributed by atoms with Gasteiger partial charge in [0.25, 0.3) is 0 Å². The van der Waals surface area contributed by atoms with E-state index >= 15 is 0 Å². The molecule has 2 heterocycles. The Hall–Kier alpha value is -2.71. The Morgan fingerprint density at radius 1 is 1.52 bits per heavy atom. The molecular weight excluding hydrogens is 276 g/mol. The number of hydrogen-bond acceptors (Lipinski definition) is 5. The molecule has 0 aliphatic heterocycles. The molecule has 1 amide bonds. The van der Waals surface area contributed by atoms with Gasteiger partial charge in [-0.3, -0.25) is 24.3 Å². The molecule has 0 spiro atoms. The number of nitrogens with one attached hydrogen (secondary N) is 1. The van der Waals surface area contributed by atoms with Crippen LogP contribution in [-0.4, -0.2) is 30.4 Å². The minimum Gasteiger partial charge on any atom is -0.321 e. The second-order valence-electron chi connectivity index (χ2n) is 4.65. The van der Waals surface area contributed by atoms with Crippen molar-refractivity contribution in [2.45, 2.75) is 26.3 Å². The largest absolute Gasteiger partial charge is 0.321 e. The lowest BCUT2D eigenvalue weighted by Crippen LogP contribution is -2.26. The Morgan fingerprint density at radius 3 is 2.71 bits per heavy atom. The van der Waals surface area contributed by atoms with Gasteiger partial charge < -0.3 is 5.32 Å². The number of amides is 1. The first kappa shape index (κ1) is 14.7. The number of aromatic nitrogens is 4. The highest BCUT2D eigenvalue weighted by atomic mass is 16.6. The molecule has 0 aliphatic carbocycles. The molecule has 21 heavy (non-hydrogen) atoms. The summed E-state index contributed by atoms with van der Waals surface area (Å²) in [4.78, 5) is 22.4. The summed E-state index contributed by atoms with van der Waals surface area (Å²) in [5.74, 6) is -0.286. The number of hydrogen-bond donors (Lipinski definition) is 1. The van der Waals surface area contributed by atoms with Crippen LogP contribution in [0.1, 0.15) is 25.1 Å². The van der Waals surface area contributed by atoms with Crippen LogP contribution in [0.5, 0.6) is 0 Å². The van der Waals surface area contributed by atoms with Crippen LogP contribution in [-0.2, 0) is 11.8 Å². The van der Waals surface area contributed by atoms with Gasteiger partial charge in [0.1, 0.15) is 18.4 Å². The number of nitrogens with zero attached hydrogens (tertiary/aromatic N) is 5. The SMILES string of the molecule is CCC(C(=O)Nc1cn(C)nc1C)n1cc([N+](=O)[O-])cn1. The van der Waals surface area contributed by atoms with Crippen LogP contribution in [0.4, 0.5) is 11.4 Å². The Kier molecular flexibility index (Phi) is 4.01. The maximum absolute atomic E-state index is 12.3. The fourth-order valence-electron chi connectivity index (χ4n) is 2.02. The molecule has 2 aromatic rings. The van der Waals surface area contributed by atoms with Crippen LogP contribution in [0.2, 0.25) is 0 Å². The van der Waals surface area contributed by atoms with E-state index in [9.17, 15) is 14.9 Å². The molecule has 1 atom stereocenters. The average molecular weight is 292 g/mol. The van der Waals surface area contributed by atoms with E-state index in [1.807, 2.05) is 6.92 Å². The van der Waals surface area contributed by atoms with E-state index in [0.717, 1.165) is 6.20 Å². The van der Waals surface area contributed by atoms with Gasteiger partial charge in [-0.05, 0) is 13.3 Å². The maximum atomic E-state index is 12.3. The van der Waals surface area contributed by atoms with Gasteiger partial charge >= 0.3 is 5.69 Å². The number of carbonyl (C=O) groups is 1. The van der Waals surface area contributed by atoms with Gasteiger partial charge in [-0.1, -0.05) is 6.92 Å². The molecule has 0 saturated carbocycles. The van der Waals surface area contributed by atoms with Crippen molar-refractivity contribution in [3.8, 4) is 0 Å². The lowest BCUT2D eigenvalue weighted by Gasteiger charge is -2.14. The number of rotatable bonds is 5. The number of anilines is 1. The van der Waals surface area contributed by atoms with Crippen LogP contribution < -0.4 is 5.32 Å². The maximum Gasteiger partial charge on any atom is 0.307 e. The molecule has 0 fully saturated rings. The van der Waals surface area contributed by atoms with E-state index in [1.165, 1.54) is 10.9 Å². The van der Waals surface area contributed by atoms with Crippen molar-refractivity contribution in [1.29, 1.82) is 0 Å². The van der Waals surface area contributed by atoms with E-state index in [0.29, 0.717) is 17.8 Å². The summed E-state index contributed by atoms with van der Waals surface area (Å²) < 4.78 is 2.91. The zero-order valence-corrected chi connectivity index (χ0v) is 12.0. The Morgan fingerprint density at radius 2 is 2.24 bits per heavy atom. The van der Waals surface area contributed by atoms with E-state index in [2.05, 4.69) is 15.5 Å². The average Bonchev–Trinajstić information content (AvgIpc) is 2.98. The number of carbonyl (C=O) groups excluding carboxylic acids is 1. The third-order valence-electron chi connectivity index (χ3n) is 3.08. The fraction of sp³-hybridized carbons (Fsp3) is 0.417. The van der Waals surface area contributed by atoms with Crippen molar-refractivity contribution in [2.24, 2.45) is 7.05 Å². The van der Waals surface area contributed by atoms with Crippen LogP contribution in [0.15, 0.2) is 18.6 Å². The highest BCUT2D eigenvalue weighted by molar-refractivity contribution is 5.94. The zero-order chi connectivity index (χ0) is 15.6. The minimum absolute atomic E-state index is 0.140. The quantitative estimate of drug-likeness (QED) is 0.662. The van der Waals surface area contributed by atoms with E-state index in [1.54, 1.807) is 24.9 Å². The van der Waals surface area contributed by atoms with Crippen LogP contribution in [0.3, 0.4) is 0 Å². The third-order valence-corrected chi connectivity index (χ3v) is 3.08. The van der Waals surface area contributed by atoms with E-state index < -0.39 is 11.0 Å². The van der Waals surface area contributed by atoms with Crippen molar-refractivity contribution < 1.29 is 9.72 Å². The first-order valence-electron chi connectivity index (χ1n) is 6.42. The first-order chi connectivity index (χ1) is 9.92. The van der Waals surface area contributed by atoms with Crippen molar-refractivity contribution in [1.82, 2.24) is 19.6 Å². The molecule has 2 rings (SSSR count).